The second-order valence-electron chi connectivity index (χ2n) is 7.89. The van der Waals surface area contributed by atoms with Gasteiger partial charge in [-0.3, -0.25) is 9.59 Å². The zero-order valence-corrected chi connectivity index (χ0v) is 16.1. The standard InChI is InChI=1S/C19H26N6O3/c1-13(25-16(27)19(23-18(25)28)7-2-3-8-19)15(26)22-14-5-11-24(12-6-14)17-20-9-4-10-21-17/h4,9-10,13-14H,2-3,5-8,11-12H2,1H3,(H,22,26)(H,23,28). The van der Waals surface area contributed by atoms with E-state index in [-0.39, 0.29) is 17.9 Å². The van der Waals surface area contributed by atoms with Gasteiger partial charge in [0.15, 0.2) is 0 Å². The molecule has 9 nitrogen and oxygen atoms in total. The van der Waals surface area contributed by atoms with E-state index in [0.717, 1.165) is 43.7 Å². The van der Waals surface area contributed by atoms with Crippen LogP contribution in [0.2, 0.25) is 0 Å². The number of piperidine rings is 1. The van der Waals surface area contributed by atoms with Crippen LogP contribution in [-0.4, -0.2) is 63.4 Å². The van der Waals surface area contributed by atoms with Gasteiger partial charge in [0.2, 0.25) is 11.9 Å². The highest BCUT2D eigenvalue weighted by molar-refractivity contribution is 6.10. The highest BCUT2D eigenvalue weighted by atomic mass is 16.2. The van der Waals surface area contributed by atoms with Gasteiger partial charge in [0.05, 0.1) is 0 Å². The number of aromatic nitrogens is 2. The molecule has 4 amide bonds. The molecule has 4 rings (SSSR count). The van der Waals surface area contributed by atoms with Crippen LogP contribution in [0.4, 0.5) is 10.7 Å². The van der Waals surface area contributed by atoms with E-state index in [9.17, 15) is 14.4 Å². The Kier molecular flexibility index (Phi) is 4.91. The average molecular weight is 386 g/mol. The van der Waals surface area contributed by atoms with E-state index in [0.29, 0.717) is 18.8 Å². The van der Waals surface area contributed by atoms with E-state index in [1.54, 1.807) is 25.4 Å². The average Bonchev–Trinajstić information content (AvgIpc) is 3.27. The minimum atomic E-state index is -0.817. The van der Waals surface area contributed by atoms with Gasteiger partial charge in [0.1, 0.15) is 11.6 Å². The molecule has 1 aromatic rings. The van der Waals surface area contributed by atoms with Crippen LogP contribution >= 0.6 is 0 Å². The number of amides is 4. The number of imide groups is 1. The van der Waals surface area contributed by atoms with Crippen molar-refractivity contribution in [3.05, 3.63) is 18.5 Å². The van der Waals surface area contributed by atoms with E-state index < -0.39 is 17.6 Å². The van der Waals surface area contributed by atoms with Crippen LogP contribution in [0.5, 0.6) is 0 Å². The molecular formula is C19H26N6O3. The zero-order valence-electron chi connectivity index (χ0n) is 16.1. The maximum atomic E-state index is 12.8. The number of rotatable bonds is 4. The van der Waals surface area contributed by atoms with Crippen LogP contribution < -0.4 is 15.5 Å². The van der Waals surface area contributed by atoms with Crippen molar-refractivity contribution >= 4 is 23.8 Å². The summed E-state index contributed by atoms with van der Waals surface area (Å²) in [4.78, 5) is 49.6. The van der Waals surface area contributed by atoms with Gasteiger partial charge in [-0.2, -0.15) is 0 Å². The van der Waals surface area contributed by atoms with E-state index >= 15 is 0 Å². The summed E-state index contributed by atoms with van der Waals surface area (Å²) in [5, 5.41) is 5.84. The fourth-order valence-electron chi connectivity index (χ4n) is 4.43. The molecule has 3 fully saturated rings. The first kappa shape index (κ1) is 18.6. The molecule has 3 aliphatic rings. The molecule has 0 aromatic carbocycles. The molecule has 0 bridgehead atoms. The maximum Gasteiger partial charge on any atom is 0.325 e. The molecule has 9 heteroatoms. The Bertz CT molecular complexity index is 756. The van der Waals surface area contributed by atoms with Crippen molar-refractivity contribution in [2.24, 2.45) is 0 Å². The van der Waals surface area contributed by atoms with Gasteiger partial charge in [-0.1, -0.05) is 12.8 Å². The Morgan fingerprint density at radius 2 is 1.86 bits per heavy atom. The van der Waals surface area contributed by atoms with Crippen LogP contribution in [0.3, 0.4) is 0 Å². The Labute approximate surface area is 163 Å². The predicted molar refractivity (Wildman–Crippen MR) is 101 cm³/mol. The third-order valence-electron chi connectivity index (χ3n) is 6.09. The molecule has 1 spiro atoms. The first-order valence-corrected chi connectivity index (χ1v) is 9.98. The second kappa shape index (κ2) is 7.37. The number of carbonyl (C=O) groups excluding carboxylic acids is 3. The summed E-state index contributed by atoms with van der Waals surface area (Å²) >= 11 is 0. The Hall–Kier alpha value is -2.71. The predicted octanol–water partition coefficient (Wildman–Crippen LogP) is 0.815. The normalized spacial score (nSPS) is 23.2. The first-order chi connectivity index (χ1) is 13.5. The number of nitrogens with one attached hydrogen (secondary N) is 2. The molecule has 1 saturated carbocycles. The Balaban J connectivity index is 1.33. The molecule has 2 N–H and O–H groups in total. The Morgan fingerprint density at radius 3 is 2.50 bits per heavy atom. The number of nitrogens with zero attached hydrogens (tertiary/aromatic N) is 4. The lowest BCUT2D eigenvalue weighted by Gasteiger charge is -2.33. The smallest absolute Gasteiger partial charge is 0.325 e. The molecule has 2 aliphatic heterocycles. The lowest BCUT2D eigenvalue weighted by atomic mass is 9.97. The summed E-state index contributed by atoms with van der Waals surface area (Å²) in [7, 11) is 0. The van der Waals surface area contributed by atoms with Gasteiger partial charge >= 0.3 is 6.03 Å². The van der Waals surface area contributed by atoms with Crippen LogP contribution in [0, 0.1) is 0 Å². The summed E-state index contributed by atoms with van der Waals surface area (Å²) in [6.45, 7) is 3.11. The van der Waals surface area contributed by atoms with Gasteiger partial charge in [0, 0.05) is 31.5 Å². The van der Waals surface area contributed by atoms with Crippen LogP contribution in [-0.2, 0) is 9.59 Å². The van der Waals surface area contributed by atoms with E-state index in [1.165, 1.54) is 0 Å². The summed E-state index contributed by atoms with van der Waals surface area (Å²) < 4.78 is 0. The highest BCUT2D eigenvalue weighted by Crippen LogP contribution is 2.35. The minimum absolute atomic E-state index is 0.0103. The summed E-state index contributed by atoms with van der Waals surface area (Å²) in [5.41, 5.74) is -0.785. The van der Waals surface area contributed by atoms with Crippen LogP contribution in [0.15, 0.2) is 18.5 Å². The molecule has 1 aliphatic carbocycles. The lowest BCUT2D eigenvalue weighted by Crippen LogP contribution is -2.53. The zero-order chi connectivity index (χ0) is 19.7. The lowest BCUT2D eigenvalue weighted by molar-refractivity contribution is -0.138. The van der Waals surface area contributed by atoms with Crippen molar-refractivity contribution in [3.63, 3.8) is 0 Å². The van der Waals surface area contributed by atoms with E-state index in [4.69, 9.17) is 0 Å². The summed E-state index contributed by atoms with van der Waals surface area (Å²) in [5.74, 6) is 0.156. The molecule has 28 heavy (non-hydrogen) atoms. The third-order valence-corrected chi connectivity index (χ3v) is 6.09. The maximum absolute atomic E-state index is 12.8. The molecule has 2 saturated heterocycles. The topological polar surface area (TPSA) is 108 Å². The second-order valence-corrected chi connectivity index (χ2v) is 7.89. The highest BCUT2D eigenvalue weighted by Gasteiger charge is 2.54. The molecule has 3 heterocycles. The monoisotopic (exact) mass is 386 g/mol. The summed E-state index contributed by atoms with van der Waals surface area (Å²) in [6, 6.07) is 0.522. The fourth-order valence-corrected chi connectivity index (χ4v) is 4.43. The number of hydrogen-bond acceptors (Lipinski definition) is 6. The molecule has 150 valence electrons. The first-order valence-electron chi connectivity index (χ1n) is 9.98. The van der Waals surface area contributed by atoms with E-state index in [2.05, 4.69) is 25.5 Å². The molecule has 1 unspecified atom stereocenters. The molecule has 0 radical (unpaired) electrons. The van der Waals surface area contributed by atoms with Crippen molar-refractivity contribution in [3.8, 4) is 0 Å². The van der Waals surface area contributed by atoms with Crippen molar-refractivity contribution in [2.75, 3.05) is 18.0 Å². The largest absolute Gasteiger partial charge is 0.351 e. The molecular weight excluding hydrogens is 360 g/mol. The van der Waals surface area contributed by atoms with Gasteiger partial charge in [0.25, 0.3) is 5.91 Å². The fraction of sp³-hybridized carbons (Fsp3) is 0.632. The number of carbonyl (C=O) groups is 3. The van der Waals surface area contributed by atoms with Gasteiger partial charge < -0.3 is 15.5 Å². The van der Waals surface area contributed by atoms with E-state index in [1.807, 2.05) is 0 Å². The van der Waals surface area contributed by atoms with Gasteiger partial charge in [-0.05, 0) is 38.7 Å². The number of anilines is 1. The van der Waals surface area contributed by atoms with Gasteiger partial charge in [-0.25, -0.2) is 19.7 Å². The third kappa shape index (κ3) is 3.29. The quantitative estimate of drug-likeness (QED) is 0.742. The molecule has 1 atom stereocenters. The van der Waals surface area contributed by atoms with Crippen LogP contribution in [0.1, 0.15) is 45.4 Å². The molecule has 1 aromatic heterocycles. The van der Waals surface area contributed by atoms with Crippen molar-refractivity contribution in [1.29, 1.82) is 0 Å². The summed E-state index contributed by atoms with van der Waals surface area (Å²) in [6.07, 6.45) is 8.11. The SMILES string of the molecule is CC(C(=O)NC1CCN(c2ncccn2)CC1)N1C(=O)NC2(CCCC2)C1=O. The van der Waals surface area contributed by atoms with Crippen molar-refractivity contribution in [1.82, 2.24) is 25.5 Å². The minimum Gasteiger partial charge on any atom is -0.351 e. The number of urea groups is 1. The van der Waals surface area contributed by atoms with Crippen molar-refractivity contribution in [2.45, 2.75) is 63.1 Å². The Morgan fingerprint density at radius 1 is 1.21 bits per heavy atom. The number of hydrogen-bond donors (Lipinski definition) is 2. The van der Waals surface area contributed by atoms with Crippen LogP contribution in [0.25, 0.3) is 0 Å². The van der Waals surface area contributed by atoms with Crippen molar-refractivity contribution < 1.29 is 14.4 Å². The van der Waals surface area contributed by atoms with Gasteiger partial charge in [-0.15, -0.1) is 0 Å².